The van der Waals surface area contributed by atoms with Crippen LogP contribution in [0.25, 0.3) is 22.4 Å². The number of para-hydroxylation sites is 1. The van der Waals surface area contributed by atoms with Gasteiger partial charge in [0.25, 0.3) is 5.91 Å². The van der Waals surface area contributed by atoms with Gasteiger partial charge in [-0.1, -0.05) is 133 Å². The van der Waals surface area contributed by atoms with Gasteiger partial charge in [0, 0.05) is 49.0 Å². The number of allylic oxidation sites excluding steroid dienone is 2. The summed E-state index contributed by atoms with van der Waals surface area (Å²) in [6.45, 7) is 7.66. The number of carbonyl (C=O) groups is 3. The van der Waals surface area contributed by atoms with Crippen molar-refractivity contribution < 1.29 is 29.0 Å². The second-order valence-corrected chi connectivity index (χ2v) is 18.2. The molecule has 9 nitrogen and oxygen atoms in total. The summed E-state index contributed by atoms with van der Waals surface area (Å²) in [6, 6.07) is 25.0. The van der Waals surface area contributed by atoms with Gasteiger partial charge in [0.05, 0.1) is 29.9 Å². The number of rotatable bonds is 28. The molecule has 4 N–H and O–H groups in total. The summed E-state index contributed by atoms with van der Waals surface area (Å²) in [5, 5.41) is 28.4. The summed E-state index contributed by atoms with van der Waals surface area (Å²) in [4.78, 5) is 42.2. The number of halogens is 1. The highest BCUT2D eigenvalue weighted by atomic mass is 19.1. The summed E-state index contributed by atoms with van der Waals surface area (Å²) < 4.78 is 16.4. The molecule has 352 valence electrons. The quantitative estimate of drug-likeness (QED) is 0.0334. The normalized spacial score (nSPS) is 14.9. The van der Waals surface area contributed by atoms with E-state index in [2.05, 4.69) is 29.7 Å². The number of aliphatic hydroxyl groups excluding tert-OH is 2. The van der Waals surface area contributed by atoms with Crippen LogP contribution in [-0.2, 0) is 16.1 Å². The van der Waals surface area contributed by atoms with Crippen molar-refractivity contribution in [1.29, 1.82) is 0 Å². The van der Waals surface area contributed by atoms with E-state index in [4.69, 9.17) is 0 Å². The first-order valence-electron chi connectivity index (χ1n) is 24.6. The number of benzene rings is 3. The molecule has 4 aromatic rings. The number of aromatic nitrogens is 1. The van der Waals surface area contributed by atoms with E-state index >= 15 is 0 Å². The van der Waals surface area contributed by atoms with Gasteiger partial charge in [0.15, 0.2) is 0 Å². The van der Waals surface area contributed by atoms with Gasteiger partial charge in [0.2, 0.25) is 11.8 Å². The van der Waals surface area contributed by atoms with E-state index in [9.17, 15) is 29.0 Å². The second-order valence-electron chi connectivity index (χ2n) is 18.2. The lowest BCUT2D eigenvalue weighted by molar-refractivity contribution is -0.131. The average molecular weight is 891 g/mol. The number of nitrogens with one attached hydrogen (secondary N) is 2. The molecule has 1 aliphatic heterocycles. The fourth-order valence-electron chi connectivity index (χ4n) is 9.11. The molecular formula is C55H75FN4O5. The van der Waals surface area contributed by atoms with Crippen molar-refractivity contribution in [2.24, 2.45) is 0 Å². The topological polar surface area (TPSA) is 124 Å². The molecule has 0 bridgehead atoms. The van der Waals surface area contributed by atoms with Crippen LogP contribution in [0.5, 0.6) is 0 Å². The van der Waals surface area contributed by atoms with E-state index in [0.29, 0.717) is 54.9 Å². The minimum Gasteiger partial charge on any atom is -0.393 e. The average Bonchev–Trinajstić information content (AvgIpc) is 3.91. The Morgan fingerprint density at radius 2 is 1.38 bits per heavy atom. The van der Waals surface area contributed by atoms with Crippen molar-refractivity contribution >= 4 is 23.4 Å². The molecule has 3 amide bonds. The van der Waals surface area contributed by atoms with E-state index in [1.807, 2.05) is 84.0 Å². The van der Waals surface area contributed by atoms with Gasteiger partial charge in [-0.25, -0.2) is 4.39 Å². The first-order chi connectivity index (χ1) is 31.5. The highest BCUT2D eigenvalue weighted by Crippen LogP contribution is 2.43. The maximum Gasteiger partial charge on any atom is 0.258 e. The van der Waals surface area contributed by atoms with Crippen LogP contribution in [0, 0.1) is 5.82 Å². The van der Waals surface area contributed by atoms with Crippen LogP contribution in [0.3, 0.4) is 0 Å². The number of carbonyl (C=O) groups excluding carboxylic acids is 3. The number of unbranched alkanes of at least 4 members (excludes halogenated alkanes) is 11. The molecule has 1 saturated heterocycles. The molecule has 0 saturated carbocycles. The highest BCUT2D eigenvalue weighted by Gasteiger charge is 2.32. The summed E-state index contributed by atoms with van der Waals surface area (Å²) in [5.41, 5.74) is 4.88. The van der Waals surface area contributed by atoms with Gasteiger partial charge in [-0.15, -0.1) is 0 Å². The molecule has 3 atom stereocenters. The van der Waals surface area contributed by atoms with E-state index in [0.717, 1.165) is 42.6 Å². The maximum atomic E-state index is 14.4. The Morgan fingerprint density at radius 1 is 0.769 bits per heavy atom. The fourth-order valence-corrected chi connectivity index (χ4v) is 9.11. The minimum atomic E-state index is -1.08. The molecule has 1 fully saturated rings. The van der Waals surface area contributed by atoms with Gasteiger partial charge in [0.1, 0.15) is 5.82 Å². The van der Waals surface area contributed by atoms with E-state index in [1.165, 1.54) is 69.9 Å². The second kappa shape index (κ2) is 27.4. The van der Waals surface area contributed by atoms with Gasteiger partial charge < -0.3 is 30.3 Å². The summed E-state index contributed by atoms with van der Waals surface area (Å²) in [7, 11) is 0. The maximum absolute atomic E-state index is 14.4. The Morgan fingerprint density at radius 3 is 2.03 bits per heavy atom. The minimum absolute atomic E-state index is 0.0181. The molecule has 10 heteroatoms. The zero-order valence-corrected chi connectivity index (χ0v) is 39.3. The SMILES string of the molecule is CCCCCCCCC=CCCCCCCCC(=O)N1CC[C@@H](NC(=O)C[C@H](O)C[C@H](O)CCn2c(-c3ccc(F)cc3)c(-c3ccccc3)c(C(=O)Nc3ccccc3)c2C(C)C)C1. The zero-order chi connectivity index (χ0) is 46.4. The Hall–Kier alpha value is -5.06. The molecule has 0 aliphatic carbocycles. The monoisotopic (exact) mass is 891 g/mol. The molecule has 2 heterocycles. The molecule has 0 spiro atoms. The van der Waals surface area contributed by atoms with E-state index < -0.39 is 12.2 Å². The first kappa shape index (κ1) is 50.9. The number of likely N-dealkylation sites (tertiary alicyclic amines) is 1. The van der Waals surface area contributed by atoms with E-state index in [1.54, 1.807) is 12.1 Å². The molecule has 3 aromatic carbocycles. The number of anilines is 1. The predicted molar refractivity (Wildman–Crippen MR) is 262 cm³/mol. The number of nitrogens with zero attached hydrogens (tertiary/aromatic N) is 2. The van der Waals surface area contributed by atoms with Crippen LogP contribution >= 0.6 is 0 Å². The summed E-state index contributed by atoms with van der Waals surface area (Å²) in [5.74, 6) is -0.961. The van der Waals surface area contributed by atoms with Crippen LogP contribution < -0.4 is 10.6 Å². The molecule has 1 aliphatic rings. The smallest absolute Gasteiger partial charge is 0.258 e. The van der Waals surface area contributed by atoms with Crippen molar-refractivity contribution in [2.45, 2.75) is 167 Å². The standard InChI is InChI=1S/C55H75FN4O5/c1-4-5-6-7-8-9-10-11-12-13-14-15-16-17-24-29-50(64)59-36-34-46(40-59)57-49(63)39-48(62)38-47(61)35-37-60-53(41(2)3)52(55(65)58-45-27-22-19-23-28-45)51(42-25-20-18-21-26-42)54(60)43-30-32-44(56)33-31-43/h11-12,18-23,25-28,30-33,41,46-48,61-62H,4-10,13-17,24,29,34-40H2,1-3H3,(H,57,63)(H,58,65)/t46-,47-,48-/m1/s1. The van der Waals surface area contributed by atoms with Crippen LogP contribution in [0.2, 0.25) is 0 Å². The number of hydrogen-bond acceptors (Lipinski definition) is 5. The Balaban J connectivity index is 1.10. The number of hydrogen-bond donors (Lipinski definition) is 4. The molecule has 1 aromatic heterocycles. The first-order valence-corrected chi connectivity index (χ1v) is 24.6. The van der Waals surface area contributed by atoms with Crippen LogP contribution in [0.4, 0.5) is 10.1 Å². The van der Waals surface area contributed by atoms with Crippen LogP contribution in [0.1, 0.15) is 158 Å². The van der Waals surface area contributed by atoms with Gasteiger partial charge in [-0.3, -0.25) is 14.4 Å². The summed E-state index contributed by atoms with van der Waals surface area (Å²) >= 11 is 0. The molecular weight excluding hydrogens is 816 g/mol. The van der Waals surface area contributed by atoms with E-state index in [-0.39, 0.29) is 54.8 Å². The third-order valence-electron chi connectivity index (χ3n) is 12.5. The lowest BCUT2D eigenvalue weighted by Gasteiger charge is -2.21. The predicted octanol–water partition coefficient (Wildman–Crippen LogP) is 12.0. The Kier molecular flexibility index (Phi) is 21.5. The Bertz CT molecular complexity index is 2070. The zero-order valence-electron chi connectivity index (χ0n) is 39.3. The lowest BCUT2D eigenvalue weighted by Crippen LogP contribution is -2.39. The Labute approximate surface area is 387 Å². The van der Waals surface area contributed by atoms with Crippen molar-refractivity contribution in [3.8, 4) is 22.4 Å². The van der Waals surface area contributed by atoms with Crippen molar-refractivity contribution in [2.75, 3.05) is 18.4 Å². The fraction of sp³-hybridized carbons (Fsp3) is 0.509. The molecule has 0 unspecified atom stereocenters. The third kappa shape index (κ3) is 16.4. The lowest BCUT2D eigenvalue weighted by atomic mass is 9.94. The van der Waals surface area contributed by atoms with Crippen LogP contribution in [-0.4, -0.2) is 68.7 Å². The molecule has 5 rings (SSSR count). The molecule has 65 heavy (non-hydrogen) atoms. The third-order valence-corrected chi connectivity index (χ3v) is 12.5. The largest absolute Gasteiger partial charge is 0.393 e. The number of amides is 3. The highest BCUT2D eigenvalue weighted by molar-refractivity contribution is 6.12. The number of aliphatic hydroxyl groups is 2. The molecule has 0 radical (unpaired) electrons. The van der Waals surface area contributed by atoms with Crippen molar-refractivity contribution in [3.63, 3.8) is 0 Å². The van der Waals surface area contributed by atoms with Crippen molar-refractivity contribution in [3.05, 3.63) is 114 Å². The summed E-state index contributed by atoms with van der Waals surface area (Å²) in [6.07, 6.45) is 19.7. The van der Waals surface area contributed by atoms with Gasteiger partial charge in [-0.05, 0) is 105 Å². The van der Waals surface area contributed by atoms with Gasteiger partial charge in [-0.2, -0.15) is 0 Å². The van der Waals surface area contributed by atoms with Gasteiger partial charge >= 0.3 is 0 Å². The van der Waals surface area contributed by atoms with Crippen LogP contribution in [0.15, 0.2) is 97.1 Å². The van der Waals surface area contributed by atoms with Crippen molar-refractivity contribution in [1.82, 2.24) is 14.8 Å².